The maximum Gasteiger partial charge on any atom is 0.228 e. The number of nitrogens with one attached hydrogen (secondary N) is 1. The van der Waals surface area contributed by atoms with E-state index in [-0.39, 0.29) is 17.7 Å². The van der Waals surface area contributed by atoms with Gasteiger partial charge in [-0.2, -0.15) is 0 Å². The van der Waals surface area contributed by atoms with Gasteiger partial charge in [0.15, 0.2) is 0 Å². The average molecular weight is 280 g/mol. The first-order chi connectivity index (χ1) is 9.08. The van der Waals surface area contributed by atoms with Crippen LogP contribution in [0.2, 0.25) is 5.02 Å². The molecule has 1 amide bonds. The number of benzene rings is 1. The molecule has 1 aliphatic carbocycles. The molecule has 0 heterocycles. The van der Waals surface area contributed by atoms with Crippen LogP contribution in [0.5, 0.6) is 0 Å². The highest BCUT2D eigenvalue weighted by atomic mass is 35.5. The Balaban J connectivity index is 2.10. The summed E-state index contributed by atoms with van der Waals surface area (Å²) in [6.45, 7) is 4.18. The predicted molar refractivity (Wildman–Crippen MR) is 79.4 cm³/mol. The van der Waals surface area contributed by atoms with E-state index in [4.69, 9.17) is 11.6 Å². The largest absolute Gasteiger partial charge is 0.353 e. The van der Waals surface area contributed by atoms with Crippen molar-refractivity contribution in [2.45, 2.75) is 51.5 Å². The first kappa shape index (κ1) is 14.4. The first-order valence-electron chi connectivity index (χ1n) is 7.14. The van der Waals surface area contributed by atoms with Crippen molar-refractivity contribution in [3.05, 3.63) is 34.9 Å². The lowest BCUT2D eigenvalue weighted by molar-refractivity contribution is -0.124. The molecule has 19 heavy (non-hydrogen) atoms. The van der Waals surface area contributed by atoms with Gasteiger partial charge in [0.1, 0.15) is 0 Å². The second-order valence-electron chi connectivity index (χ2n) is 5.76. The molecular formula is C16H22ClNO. The molecule has 0 saturated heterocycles. The summed E-state index contributed by atoms with van der Waals surface area (Å²) >= 11 is 5.91. The lowest BCUT2D eigenvalue weighted by Gasteiger charge is -2.23. The van der Waals surface area contributed by atoms with E-state index >= 15 is 0 Å². The van der Waals surface area contributed by atoms with E-state index in [1.54, 1.807) is 0 Å². The third kappa shape index (κ3) is 3.73. The minimum absolute atomic E-state index is 0.0853. The summed E-state index contributed by atoms with van der Waals surface area (Å²) < 4.78 is 0. The number of halogens is 1. The van der Waals surface area contributed by atoms with E-state index in [0.717, 1.165) is 18.4 Å². The number of rotatable bonds is 4. The van der Waals surface area contributed by atoms with Crippen molar-refractivity contribution in [1.29, 1.82) is 0 Å². The van der Waals surface area contributed by atoms with Gasteiger partial charge in [0.05, 0.1) is 5.92 Å². The van der Waals surface area contributed by atoms with Crippen molar-refractivity contribution in [2.75, 3.05) is 0 Å². The van der Waals surface area contributed by atoms with Crippen LogP contribution in [0, 0.1) is 5.92 Å². The quantitative estimate of drug-likeness (QED) is 0.882. The zero-order chi connectivity index (χ0) is 13.8. The predicted octanol–water partition coefficient (Wildman–Crippen LogP) is 4.14. The molecule has 1 saturated carbocycles. The molecule has 0 unspecified atom stereocenters. The van der Waals surface area contributed by atoms with E-state index in [2.05, 4.69) is 19.2 Å². The summed E-state index contributed by atoms with van der Waals surface area (Å²) in [5.74, 6) is 0.352. The van der Waals surface area contributed by atoms with Gasteiger partial charge in [-0.25, -0.2) is 0 Å². The molecule has 1 N–H and O–H groups in total. The Labute approximate surface area is 120 Å². The van der Waals surface area contributed by atoms with Crippen LogP contribution < -0.4 is 5.32 Å². The monoisotopic (exact) mass is 279 g/mol. The van der Waals surface area contributed by atoms with Crippen molar-refractivity contribution in [2.24, 2.45) is 5.92 Å². The maximum absolute atomic E-state index is 12.5. The fraction of sp³-hybridized carbons (Fsp3) is 0.562. The van der Waals surface area contributed by atoms with Gasteiger partial charge in [-0.3, -0.25) is 4.79 Å². The molecule has 3 heteroatoms. The van der Waals surface area contributed by atoms with E-state index in [1.165, 1.54) is 12.8 Å². The van der Waals surface area contributed by atoms with Gasteiger partial charge in [0.25, 0.3) is 0 Å². The third-order valence-corrected chi connectivity index (χ3v) is 4.13. The number of carbonyl (C=O) groups is 1. The highest BCUT2D eigenvalue weighted by Gasteiger charge is 2.27. The summed E-state index contributed by atoms with van der Waals surface area (Å²) in [6, 6.07) is 8.01. The van der Waals surface area contributed by atoms with Crippen LogP contribution in [0.15, 0.2) is 24.3 Å². The summed E-state index contributed by atoms with van der Waals surface area (Å²) in [5.41, 5.74) is 1.05. The van der Waals surface area contributed by atoms with Crippen LogP contribution in [0.3, 0.4) is 0 Å². The van der Waals surface area contributed by atoms with Crippen molar-refractivity contribution in [1.82, 2.24) is 5.32 Å². The Morgan fingerprint density at radius 3 is 2.32 bits per heavy atom. The molecule has 0 aliphatic heterocycles. The SMILES string of the molecule is CC(C)[C@@H](C(=O)NC1CCCC1)c1ccc(Cl)cc1. The van der Waals surface area contributed by atoms with Crippen LogP contribution in [-0.2, 0) is 4.79 Å². The standard InChI is InChI=1S/C16H22ClNO/c1-11(2)15(12-7-9-13(17)10-8-12)16(19)18-14-5-3-4-6-14/h7-11,14-15H,3-6H2,1-2H3,(H,18,19)/t15-/m1/s1. The van der Waals surface area contributed by atoms with Gasteiger partial charge in [-0.15, -0.1) is 0 Å². The van der Waals surface area contributed by atoms with Crippen molar-refractivity contribution < 1.29 is 4.79 Å². The Morgan fingerprint density at radius 1 is 1.21 bits per heavy atom. The van der Waals surface area contributed by atoms with Gasteiger partial charge in [0.2, 0.25) is 5.91 Å². The van der Waals surface area contributed by atoms with Crippen molar-refractivity contribution in [3.8, 4) is 0 Å². The van der Waals surface area contributed by atoms with E-state index in [1.807, 2.05) is 24.3 Å². The van der Waals surface area contributed by atoms with Crippen LogP contribution in [0.1, 0.15) is 51.0 Å². The molecule has 0 spiro atoms. The first-order valence-corrected chi connectivity index (χ1v) is 7.51. The molecule has 2 nitrogen and oxygen atoms in total. The van der Waals surface area contributed by atoms with Gasteiger partial charge in [-0.1, -0.05) is 50.4 Å². The molecule has 1 aromatic rings. The van der Waals surface area contributed by atoms with Crippen LogP contribution in [-0.4, -0.2) is 11.9 Å². The minimum atomic E-state index is -0.0853. The number of hydrogen-bond acceptors (Lipinski definition) is 1. The Kier molecular flexibility index (Phi) is 4.87. The summed E-state index contributed by atoms with van der Waals surface area (Å²) in [4.78, 5) is 12.5. The summed E-state index contributed by atoms with van der Waals surface area (Å²) in [6.07, 6.45) is 4.71. The minimum Gasteiger partial charge on any atom is -0.353 e. The van der Waals surface area contributed by atoms with Crippen LogP contribution in [0.25, 0.3) is 0 Å². The zero-order valence-electron chi connectivity index (χ0n) is 11.7. The molecule has 1 fully saturated rings. The van der Waals surface area contributed by atoms with Crippen molar-refractivity contribution >= 4 is 17.5 Å². The maximum atomic E-state index is 12.5. The Bertz CT molecular complexity index is 421. The molecule has 1 aliphatic rings. The Hall–Kier alpha value is -1.02. The second kappa shape index (κ2) is 6.42. The van der Waals surface area contributed by atoms with Gasteiger partial charge in [-0.05, 0) is 36.5 Å². The number of amides is 1. The highest BCUT2D eigenvalue weighted by molar-refractivity contribution is 6.30. The molecule has 1 atom stereocenters. The van der Waals surface area contributed by atoms with Crippen LogP contribution in [0.4, 0.5) is 0 Å². The fourth-order valence-corrected chi connectivity index (χ4v) is 3.00. The van der Waals surface area contributed by atoms with E-state index in [9.17, 15) is 4.79 Å². The summed E-state index contributed by atoms with van der Waals surface area (Å²) in [7, 11) is 0. The number of hydrogen-bond donors (Lipinski definition) is 1. The fourth-order valence-electron chi connectivity index (χ4n) is 2.87. The van der Waals surface area contributed by atoms with E-state index < -0.39 is 0 Å². The average Bonchev–Trinajstić information content (AvgIpc) is 2.84. The lowest BCUT2D eigenvalue weighted by atomic mass is 9.87. The highest BCUT2D eigenvalue weighted by Crippen LogP contribution is 2.27. The normalized spacial score (nSPS) is 17.7. The summed E-state index contributed by atoms with van der Waals surface area (Å²) in [5, 5.41) is 3.91. The Morgan fingerprint density at radius 2 is 1.79 bits per heavy atom. The molecule has 1 aromatic carbocycles. The second-order valence-corrected chi connectivity index (χ2v) is 6.20. The van der Waals surface area contributed by atoms with Crippen molar-refractivity contribution in [3.63, 3.8) is 0 Å². The van der Waals surface area contributed by atoms with Crippen LogP contribution >= 0.6 is 11.6 Å². The van der Waals surface area contributed by atoms with Gasteiger partial charge < -0.3 is 5.32 Å². The van der Waals surface area contributed by atoms with Gasteiger partial charge >= 0.3 is 0 Å². The molecular weight excluding hydrogens is 258 g/mol. The molecule has 0 radical (unpaired) electrons. The molecule has 0 aromatic heterocycles. The smallest absolute Gasteiger partial charge is 0.228 e. The van der Waals surface area contributed by atoms with Gasteiger partial charge in [0, 0.05) is 11.1 Å². The molecule has 2 rings (SSSR count). The zero-order valence-corrected chi connectivity index (χ0v) is 12.4. The molecule has 0 bridgehead atoms. The van der Waals surface area contributed by atoms with E-state index in [0.29, 0.717) is 11.1 Å². The topological polar surface area (TPSA) is 29.1 Å². The lowest BCUT2D eigenvalue weighted by Crippen LogP contribution is -2.38. The third-order valence-electron chi connectivity index (χ3n) is 3.88. The number of carbonyl (C=O) groups excluding carboxylic acids is 1. The molecule has 104 valence electrons.